The summed E-state index contributed by atoms with van der Waals surface area (Å²) in [6.07, 6.45) is 6.62. The van der Waals surface area contributed by atoms with Crippen LogP contribution >= 0.6 is 0 Å². The molecule has 0 saturated heterocycles. The summed E-state index contributed by atoms with van der Waals surface area (Å²) in [5, 5.41) is 0. The van der Waals surface area contributed by atoms with Crippen LogP contribution in [0.3, 0.4) is 0 Å². The van der Waals surface area contributed by atoms with Crippen LogP contribution in [-0.2, 0) is 0 Å². The molecule has 1 heteroatoms. The van der Waals surface area contributed by atoms with Crippen molar-refractivity contribution in [3.63, 3.8) is 0 Å². The second-order valence-electron chi connectivity index (χ2n) is 8.05. The summed E-state index contributed by atoms with van der Waals surface area (Å²) in [6.45, 7) is 6.45. The van der Waals surface area contributed by atoms with Gasteiger partial charge in [-0.2, -0.15) is 0 Å². The molecule has 1 nitrogen and oxygen atoms in total. The molecular formula is C32H31N. The Hall–Kier alpha value is -3.84. The molecule has 4 rings (SSSR count). The number of hydrogen-bond donors (Lipinski definition) is 0. The van der Waals surface area contributed by atoms with Crippen molar-refractivity contribution in [2.24, 2.45) is 0 Å². The number of hydrogen-bond acceptors (Lipinski definition) is 1. The summed E-state index contributed by atoms with van der Waals surface area (Å²) in [7, 11) is 0. The molecule has 0 aliphatic carbocycles. The average Bonchev–Trinajstić information content (AvgIpc) is 2.89. The van der Waals surface area contributed by atoms with E-state index in [1.165, 1.54) is 39.1 Å². The Morgan fingerprint density at radius 1 is 0.545 bits per heavy atom. The first-order chi connectivity index (χ1) is 16.3. The smallest absolute Gasteiger partial charge is 0.0366 e. The molecule has 0 unspecified atom stereocenters. The van der Waals surface area contributed by atoms with Crippen LogP contribution in [0.2, 0.25) is 0 Å². The molecule has 0 atom stereocenters. The highest BCUT2D eigenvalue weighted by Crippen LogP contribution is 2.26. The molecule has 4 aromatic carbocycles. The van der Waals surface area contributed by atoms with Gasteiger partial charge in [-0.1, -0.05) is 109 Å². The number of anilines is 1. The van der Waals surface area contributed by atoms with Crippen LogP contribution in [0, 0.1) is 0 Å². The highest BCUT2D eigenvalue weighted by Gasteiger charge is 2.05. The van der Waals surface area contributed by atoms with Crippen LogP contribution in [0.5, 0.6) is 0 Å². The van der Waals surface area contributed by atoms with Gasteiger partial charge in [0.15, 0.2) is 0 Å². The molecule has 0 aliphatic heterocycles. The molecule has 0 fully saturated rings. The van der Waals surface area contributed by atoms with Gasteiger partial charge in [-0.25, -0.2) is 0 Å². The lowest BCUT2D eigenvalue weighted by Gasteiger charge is -2.20. The van der Waals surface area contributed by atoms with Gasteiger partial charge in [-0.15, -0.1) is 0 Å². The molecule has 33 heavy (non-hydrogen) atoms. The van der Waals surface area contributed by atoms with Crippen LogP contribution in [0.4, 0.5) is 5.69 Å². The van der Waals surface area contributed by atoms with Gasteiger partial charge in [0.25, 0.3) is 0 Å². The van der Waals surface area contributed by atoms with E-state index in [9.17, 15) is 0 Å². The van der Waals surface area contributed by atoms with E-state index in [1.807, 2.05) is 0 Å². The molecule has 164 valence electrons. The standard InChI is InChI=1S/C32H31N/c1-3-33(4-2)31-23-21-27(22-24-31)16-15-26-17-19-28(20-18-26)25-32(29-11-7-5-8-12-29)30-13-9-6-10-14-30/h5-25H,3-4H2,1-2H3. The van der Waals surface area contributed by atoms with E-state index in [1.54, 1.807) is 0 Å². The zero-order valence-corrected chi connectivity index (χ0v) is 19.5. The summed E-state index contributed by atoms with van der Waals surface area (Å²) >= 11 is 0. The minimum Gasteiger partial charge on any atom is -0.372 e. The Balaban J connectivity index is 1.53. The first-order valence-corrected chi connectivity index (χ1v) is 11.7. The first-order valence-electron chi connectivity index (χ1n) is 11.7. The minimum absolute atomic E-state index is 1.03. The molecule has 4 aromatic rings. The van der Waals surface area contributed by atoms with E-state index in [0.717, 1.165) is 13.1 Å². The fourth-order valence-electron chi connectivity index (χ4n) is 4.02. The Kier molecular flexibility index (Phi) is 7.56. The van der Waals surface area contributed by atoms with Crippen molar-refractivity contribution >= 4 is 29.5 Å². The summed E-state index contributed by atoms with van der Waals surface area (Å²) < 4.78 is 0. The molecule has 0 N–H and O–H groups in total. The maximum absolute atomic E-state index is 2.36. The normalized spacial score (nSPS) is 10.8. The zero-order chi connectivity index (χ0) is 22.9. The molecule has 0 aliphatic rings. The van der Waals surface area contributed by atoms with Crippen LogP contribution in [0.15, 0.2) is 109 Å². The highest BCUT2D eigenvalue weighted by atomic mass is 15.1. The molecule has 0 spiro atoms. The number of rotatable bonds is 8. The Morgan fingerprint density at radius 3 is 1.42 bits per heavy atom. The predicted molar refractivity (Wildman–Crippen MR) is 145 cm³/mol. The van der Waals surface area contributed by atoms with Gasteiger partial charge in [-0.3, -0.25) is 0 Å². The molecular weight excluding hydrogens is 398 g/mol. The van der Waals surface area contributed by atoms with E-state index < -0.39 is 0 Å². The fourth-order valence-corrected chi connectivity index (χ4v) is 4.02. The maximum Gasteiger partial charge on any atom is 0.0366 e. The van der Waals surface area contributed by atoms with E-state index in [4.69, 9.17) is 0 Å². The summed E-state index contributed by atoms with van der Waals surface area (Å²) in [5.41, 5.74) is 8.56. The minimum atomic E-state index is 1.03. The van der Waals surface area contributed by atoms with Gasteiger partial charge in [0.05, 0.1) is 0 Å². The maximum atomic E-state index is 2.36. The third-order valence-corrected chi connectivity index (χ3v) is 5.91. The summed E-state index contributed by atoms with van der Waals surface area (Å²) in [6, 6.07) is 38.7. The quantitative estimate of drug-likeness (QED) is 0.255. The Labute approximate surface area is 198 Å². The van der Waals surface area contributed by atoms with Crippen molar-refractivity contribution < 1.29 is 0 Å². The SMILES string of the molecule is CCN(CC)c1ccc(C=Cc2ccc(C=C(c3ccccc3)c3ccccc3)cc2)cc1. The van der Waals surface area contributed by atoms with Crippen LogP contribution in [-0.4, -0.2) is 13.1 Å². The fraction of sp³-hybridized carbons (Fsp3) is 0.125. The van der Waals surface area contributed by atoms with Crippen LogP contribution < -0.4 is 4.90 Å². The average molecular weight is 430 g/mol. The van der Waals surface area contributed by atoms with Crippen molar-refractivity contribution in [3.8, 4) is 0 Å². The van der Waals surface area contributed by atoms with Crippen LogP contribution in [0.25, 0.3) is 23.8 Å². The molecule has 0 aromatic heterocycles. The third kappa shape index (κ3) is 5.90. The van der Waals surface area contributed by atoms with E-state index in [2.05, 4.69) is 146 Å². The lowest BCUT2D eigenvalue weighted by molar-refractivity contribution is 0.866. The largest absolute Gasteiger partial charge is 0.372 e. The zero-order valence-electron chi connectivity index (χ0n) is 19.5. The van der Waals surface area contributed by atoms with Crippen molar-refractivity contribution in [1.29, 1.82) is 0 Å². The van der Waals surface area contributed by atoms with Gasteiger partial charge in [-0.05, 0) is 65.4 Å². The van der Waals surface area contributed by atoms with Crippen molar-refractivity contribution in [3.05, 3.63) is 137 Å². The van der Waals surface area contributed by atoms with E-state index in [0.29, 0.717) is 0 Å². The van der Waals surface area contributed by atoms with E-state index >= 15 is 0 Å². The lowest BCUT2D eigenvalue weighted by Crippen LogP contribution is -2.21. The monoisotopic (exact) mass is 429 g/mol. The van der Waals surface area contributed by atoms with Crippen LogP contribution in [0.1, 0.15) is 41.7 Å². The lowest BCUT2D eigenvalue weighted by atomic mass is 9.95. The second-order valence-corrected chi connectivity index (χ2v) is 8.05. The summed E-state index contributed by atoms with van der Waals surface area (Å²) in [5.74, 6) is 0. The topological polar surface area (TPSA) is 3.24 Å². The molecule has 0 saturated carbocycles. The van der Waals surface area contributed by atoms with E-state index in [-0.39, 0.29) is 0 Å². The third-order valence-electron chi connectivity index (χ3n) is 5.91. The van der Waals surface area contributed by atoms with Gasteiger partial charge >= 0.3 is 0 Å². The number of benzene rings is 4. The first kappa shape index (κ1) is 22.4. The Morgan fingerprint density at radius 2 is 0.970 bits per heavy atom. The Bertz CT molecular complexity index is 1140. The van der Waals surface area contributed by atoms with Crippen molar-refractivity contribution in [2.45, 2.75) is 13.8 Å². The van der Waals surface area contributed by atoms with Gasteiger partial charge in [0.1, 0.15) is 0 Å². The van der Waals surface area contributed by atoms with Crippen molar-refractivity contribution in [2.75, 3.05) is 18.0 Å². The molecule has 0 amide bonds. The second kappa shape index (κ2) is 11.2. The van der Waals surface area contributed by atoms with Gasteiger partial charge < -0.3 is 4.90 Å². The summed E-state index contributed by atoms with van der Waals surface area (Å²) in [4.78, 5) is 2.36. The van der Waals surface area contributed by atoms with Crippen molar-refractivity contribution in [1.82, 2.24) is 0 Å². The van der Waals surface area contributed by atoms with Gasteiger partial charge in [0, 0.05) is 18.8 Å². The molecule has 0 radical (unpaired) electrons. The predicted octanol–water partition coefficient (Wildman–Crippen LogP) is 8.29. The molecule has 0 bridgehead atoms. The number of nitrogens with zero attached hydrogens (tertiary/aromatic N) is 1. The highest BCUT2D eigenvalue weighted by molar-refractivity contribution is 5.91. The molecule has 0 heterocycles. The van der Waals surface area contributed by atoms with Gasteiger partial charge in [0.2, 0.25) is 0 Å².